The van der Waals surface area contributed by atoms with Crippen LogP contribution < -0.4 is 4.90 Å². The Morgan fingerprint density at radius 1 is 1.14 bits per heavy atom. The summed E-state index contributed by atoms with van der Waals surface area (Å²) in [7, 11) is 0. The van der Waals surface area contributed by atoms with E-state index in [0.29, 0.717) is 23.4 Å². The van der Waals surface area contributed by atoms with Crippen molar-refractivity contribution in [2.45, 2.75) is 39.2 Å². The second-order valence-electron chi connectivity index (χ2n) is 6.27. The van der Waals surface area contributed by atoms with Gasteiger partial charge in [-0.15, -0.1) is 0 Å². The van der Waals surface area contributed by atoms with Crippen molar-refractivity contribution in [1.82, 2.24) is 14.9 Å². The molecule has 5 nitrogen and oxygen atoms in total. The molecule has 0 amide bonds. The first-order valence-corrected chi connectivity index (χ1v) is 8.23. The molecular formula is C16H25FN4O. The molecule has 1 aromatic rings. The van der Waals surface area contributed by atoms with Crippen LogP contribution in [0.1, 0.15) is 30.8 Å². The minimum absolute atomic E-state index is 0.279. The number of halogens is 1. The molecule has 0 bridgehead atoms. The molecule has 2 saturated heterocycles. The van der Waals surface area contributed by atoms with E-state index < -0.39 is 0 Å². The lowest BCUT2D eigenvalue weighted by Crippen LogP contribution is -2.36. The molecule has 0 N–H and O–H groups in total. The summed E-state index contributed by atoms with van der Waals surface area (Å²) in [5, 5.41) is 0. The number of rotatable bonds is 3. The van der Waals surface area contributed by atoms with Gasteiger partial charge < -0.3 is 9.64 Å². The first-order chi connectivity index (χ1) is 10.6. The molecule has 6 heteroatoms. The molecule has 2 aliphatic heterocycles. The van der Waals surface area contributed by atoms with Crippen molar-refractivity contribution in [3.63, 3.8) is 0 Å². The van der Waals surface area contributed by atoms with E-state index in [9.17, 15) is 4.39 Å². The Labute approximate surface area is 131 Å². The van der Waals surface area contributed by atoms with Crippen LogP contribution in [0.25, 0.3) is 0 Å². The van der Waals surface area contributed by atoms with Gasteiger partial charge >= 0.3 is 0 Å². The third kappa shape index (κ3) is 3.55. The van der Waals surface area contributed by atoms with Gasteiger partial charge in [0.05, 0.1) is 11.8 Å². The Bertz CT molecular complexity index is 519. The van der Waals surface area contributed by atoms with E-state index >= 15 is 0 Å². The van der Waals surface area contributed by atoms with Crippen LogP contribution in [-0.4, -0.2) is 60.3 Å². The molecule has 0 spiro atoms. The summed E-state index contributed by atoms with van der Waals surface area (Å²) in [5.74, 6) is 0.816. The zero-order chi connectivity index (χ0) is 15.5. The van der Waals surface area contributed by atoms with E-state index in [1.807, 2.05) is 6.92 Å². The number of aryl methyl sites for hydroxylation is 2. The molecule has 3 rings (SSSR count). The Hall–Kier alpha value is -1.27. The van der Waals surface area contributed by atoms with Gasteiger partial charge in [0.2, 0.25) is 0 Å². The largest absolute Gasteiger partial charge is 0.377 e. The normalized spacial score (nSPS) is 23.8. The summed E-state index contributed by atoms with van der Waals surface area (Å²) >= 11 is 0. The molecule has 0 saturated carbocycles. The average Bonchev–Trinajstić information content (AvgIpc) is 2.88. The van der Waals surface area contributed by atoms with Crippen molar-refractivity contribution >= 4 is 5.82 Å². The summed E-state index contributed by atoms with van der Waals surface area (Å²) in [6.45, 7) is 9.04. The Morgan fingerprint density at radius 3 is 2.77 bits per heavy atom. The van der Waals surface area contributed by atoms with Crippen LogP contribution in [0.5, 0.6) is 0 Å². The average molecular weight is 308 g/mol. The Morgan fingerprint density at radius 2 is 2.00 bits per heavy atom. The van der Waals surface area contributed by atoms with Gasteiger partial charge in [-0.25, -0.2) is 14.4 Å². The fourth-order valence-corrected chi connectivity index (χ4v) is 3.33. The second-order valence-corrected chi connectivity index (χ2v) is 6.27. The van der Waals surface area contributed by atoms with Gasteiger partial charge in [-0.3, -0.25) is 4.90 Å². The van der Waals surface area contributed by atoms with Crippen LogP contribution in [0.4, 0.5) is 10.2 Å². The highest BCUT2D eigenvalue weighted by Gasteiger charge is 2.23. The lowest BCUT2D eigenvalue weighted by Gasteiger charge is -2.25. The minimum Gasteiger partial charge on any atom is -0.377 e. The second kappa shape index (κ2) is 6.87. The smallest absolute Gasteiger partial charge is 0.186 e. The third-order valence-corrected chi connectivity index (χ3v) is 4.49. The van der Waals surface area contributed by atoms with E-state index in [0.717, 1.165) is 45.8 Å². The molecule has 0 radical (unpaired) electrons. The predicted molar refractivity (Wildman–Crippen MR) is 83.7 cm³/mol. The van der Waals surface area contributed by atoms with E-state index in [2.05, 4.69) is 19.8 Å². The summed E-state index contributed by atoms with van der Waals surface area (Å²) in [6, 6.07) is 0. The Balaban J connectivity index is 1.65. The third-order valence-electron chi connectivity index (χ3n) is 4.49. The van der Waals surface area contributed by atoms with Crippen molar-refractivity contribution in [1.29, 1.82) is 0 Å². The Kier molecular flexibility index (Phi) is 4.88. The first-order valence-electron chi connectivity index (χ1n) is 8.23. The number of hydrogen-bond acceptors (Lipinski definition) is 5. The van der Waals surface area contributed by atoms with Gasteiger partial charge in [0, 0.05) is 32.8 Å². The molecule has 22 heavy (non-hydrogen) atoms. The highest BCUT2D eigenvalue weighted by atomic mass is 19.1. The maximum Gasteiger partial charge on any atom is 0.186 e. The molecular weight excluding hydrogens is 283 g/mol. The van der Waals surface area contributed by atoms with Gasteiger partial charge in [0.1, 0.15) is 5.82 Å². The zero-order valence-corrected chi connectivity index (χ0v) is 13.5. The zero-order valence-electron chi connectivity index (χ0n) is 13.5. The van der Waals surface area contributed by atoms with Crippen molar-refractivity contribution in [3.8, 4) is 0 Å². The minimum atomic E-state index is -0.279. The number of anilines is 1. The van der Waals surface area contributed by atoms with Crippen LogP contribution in [-0.2, 0) is 4.74 Å². The summed E-state index contributed by atoms with van der Waals surface area (Å²) in [6.07, 6.45) is 3.75. The lowest BCUT2D eigenvalue weighted by atomic mass is 10.2. The standard InChI is InChI=1S/C16H25FN4O/c1-12-15(17)16(19-13(2)18-12)21-7-4-6-20(8-9-21)11-14-5-3-10-22-14/h14H,3-11H2,1-2H3. The van der Waals surface area contributed by atoms with Crippen LogP contribution in [0, 0.1) is 19.7 Å². The van der Waals surface area contributed by atoms with Crippen LogP contribution in [0.15, 0.2) is 0 Å². The van der Waals surface area contributed by atoms with Gasteiger partial charge in [-0.1, -0.05) is 0 Å². The number of nitrogens with zero attached hydrogens (tertiary/aromatic N) is 4. The number of aromatic nitrogens is 2. The molecule has 0 aromatic carbocycles. The number of hydrogen-bond donors (Lipinski definition) is 0. The van der Waals surface area contributed by atoms with E-state index in [1.165, 1.54) is 12.8 Å². The summed E-state index contributed by atoms with van der Waals surface area (Å²) in [4.78, 5) is 12.9. The fourth-order valence-electron chi connectivity index (χ4n) is 3.33. The van der Waals surface area contributed by atoms with Crippen LogP contribution in [0.3, 0.4) is 0 Å². The topological polar surface area (TPSA) is 41.5 Å². The van der Waals surface area contributed by atoms with Crippen LogP contribution in [0.2, 0.25) is 0 Å². The monoisotopic (exact) mass is 308 g/mol. The summed E-state index contributed by atoms with van der Waals surface area (Å²) in [5.41, 5.74) is 0.433. The molecule has 1 aromatic heterocycles. The maximum atomic E-state index is 14.3. The van der Waals surface area contributed by atoms with Gasteiger partial charge in [0.15, 0.2) is 11.6 Å². The van der Waals surface area contributed by atoms with Crippen LogP contribution >= 0.6 is 0 Å². The van der Waals surface area contributed by atoms with Crippen molar-refractivity contribution < 1.29 is 9.13 Å². The highest BCUT2D eigenvalue weighted by molar-refractivity contribution is 5.41. The van der Waals surface area contributed by atoms with Gasteiger partial charge in [-0.2, -0.15) is 0 Å². The fraction of sp³-hybridized carbons (Fsp3) is 0.750. The highest BCUT2D eigenvalue weighted by Crippen LogP contribution is 2.21. The quantitative estimate of drug-likeness (QED) is 0.853. The summed E-state index contributed by atoms with van der Waals surface area (Å²) < 4.78 is 20.0. The van der Waals surface area contributed by atoms with Crippen molar-refractivity contribution in [2.24, 2.45) is 0 Å². The van der Waals surface area contributed by atoms with Crippen molar-refractivity contribution in [2.75, 3.05) is 44.2 Å². The molecule has 1 atom stereocenters. The molecule has 3 heterocycles. The SMILES string of the molecule is Cc1nc(C)c(F)c(N2CCCN(CC3CCCO3)CC2)n1. The molecule has 1 unspecified atom stereocenters. The van der Waals surface area contributed by atoms with E-state index in [1.54, 1.807) is 6.92 Å². The molecule has 2 aliphatic rings. The predicted octanol–water partition coefficient (Wildman–Crippen LogP) is 1.92. The van der Waals surface area contributed by atoms with E-state index in [-0.39, 0.29) is 5.82 Å². The molecule has 2 fully saturated rings. The molecule has 0 aliphatic carbocycles. The van der Waals surface area contributed by atoms with E-state index in [4.69, 9.17) is 4.74 Å². The van der Waals surface area contributed by atoms with Gasteiger partial charge in [-0.05, 0) is 39.7 Å². The maximum absolute atomic E-state index is 14.3. The number of ether oxygens (including phenoxy) is 1. The van der Waals surface area contributed by atoms with Crippen molar-refractivity contribution in [3.05, 3.63) is 17.3 Å². The first kappa shape index (κ1) is 15.6. The molecule has 122 valence electrons. The van der Waals surface area contributed by atoms with Gasteiger partial charge in [0.25, 0.3) is 0 Å². The lowest BCUT2D eigenvalue weighted by molar-refractivity contribution is 0.0754.